The number of rotatable bonds is 4. The molecule has 0 saturated carbocycles. The zero-order valence-electron chi connectivity index (χ0n) is 18.8. The van der Waals surface area contributed by atoms with E-state index in [1.54, 1.807) is 15.4 Å². The minimum absolute atomic E-state index is 0.130. The molecule has 1 aliphatic rings. The fourth-order valence-electron chi connectivity index (χ4n) is 4.15. The van der Waals surface area contributed by atoms with Crippen LogP contribution >= 0.6 is 11.8 Å². The second kappa shape index (κ2) is 8.19. The number of benzene rings is 2. The number of para-hydroxylation sites is 1. The lowest BCUT2D eigenvalue weighted by atomic mass is 10.0. The number of hydrogen-bond donors (Lipinski definition) is 1. The zero-order valence-corrected chi connectivity index (χ0v) is 19.6. The SMILES string of the molecule is CC(C)(C)n1ncc2c(=O)n3c(nc21)SCC3CC(=O)Nc1ccccc1-c1ccccc1. The molecule has 1 atom stereocenters. The summed E-state index contributed by atoms with van der Waals surface area (Å²) in [5.74, 6) is 0.500. The Kier molecular flexibility index (Phi) is 5.32. The summed E-state index contributed by atoms with van der Waals surface area (Å²) < 4.78 is 3.44. The van der Waals surface area contributed by atoms with Crippen molar-refractivity contribution in [3.05, 3.63) is 71.1 Å². The summed E-state index contributed by atoms with van der Waals surface area (Å²) in [4.78, 5) is 31.0. The number of anilines is 1. The van der Waals surface area contributed by atoms with E-state index in [0.29, 0.717) is 21.9 Å². The van der Waals surface area contributed by atoms with Gasteiger partial charge in [0.1, 0.15) is 5.39 Å². The van der Waals surface area contributed by atoms with Gasteiger partial charge in [-0.2, -0.15) is 5.10 Å². The number of amides is 1. The Bertz CT molecular complexity index is 1400. The predicted molar refractivity (Wildman–Crippen MR) is 132 cm³/mol. The van der Waals surface area contributed by atoms with Crippen LogP contribution in [-0.2, 0) is 10.3 Å². The average Bonchev–Trinajstić information content (AvgIpc) is 3.40. The van der Waals surface area contributed by atoms with Crippen LogP contribution in [0.5, 0.6) is 0 Å². The molecule has 2 aromatic heterocycles. The van der Waals surface area contributed by atoms with Crippen LogP contribution in [0.25, 0.3) is 22.2 Å². The summed E-state index contributed by atoms with van der Waals surface area (Å²) in [6, 6.07) is 17.4. The van der Waals surface area contributed by atoms with Crippen LogP contribution in [0.1, 0.15) is 33.2 Å². The third-order valence-corrected chi connectivity index (χ3v) is 6.81. The normalized spacial score (nSPS) is 15.5. The molecule has 8 heteroatoms. The first-order chi connectivity index (χ1) is 15.8. The van der Waals surface area contributed by atoms with E-state index in [0.717, 1.165) is 16.8 Å². The fourth-order valence-corrected chi connectivity index (χ4v) is 5.28. The molecule has 5 rings (SSSR count). The topological polar surface area (TPSA) is 81.8 Å². The van der Waals surface area contributed by atoms with Crippen LogP contribution in [0, 0.1) is 0 Å². The number of hydrogen-bond acceptors (Lipinski definition) is 5. The van der Waals surface area contributed by atoms with Gasteiger partial charge in [-0.25, -0.2) is 9.67 Å². The van der Waals surface area contributed by atoms with Crippen molar-refractivity contribution in [1.29, 1.82) is 0 Å². The Morgan fingerprint density at radius 3 is 2.61 bits per heavy atom. The molecule has 3 heterocycles. The van der Waals surface area contributed by atoms with Gasteiger partial charge in [-0.3, -0.25) is 14.2 Å². The lowest BCUT2D eigenvalue weighted by Gasteiger charge is -2.20. The highest BCUT2D eigenvalue weighted by molar-refractivity contribution is 7.99. The maximum absolute atomic E-state index is 13.3. The monoisotopic (exact) mass is 459 g/mol. The van der Waals surface area contributed by atoms with Crippen LogP contribution in [0.4, 0.5) is 5.69 Å². The average molecular weight is 460 g/mol. The summed E-state index contributed by atoms with van der Waals surface area (Å²) in [6.45, 7) is 6.08. The zero-order chi connectivity index (χ0) is 23.2. The summed E-state index contributed by atoms with van der Waals surface area (Å²) >= 11 is 1.51. The second-order valence-electron chi connectivity index (χ2n) is 9.16. The number of carbonyl (C=O) groups is 1. The summed E-state index contributed by atoms with van der Waals surface area (Å²) in [6.07, 6.45) is 1.78. The number of fused-ring (bicyclic) bond motifs is 2. The molecule has 7 nitrogen and oxygen atoms in total. The van der Waals surface area contributed by atoms with Gasteiger partial charge in [-0.05, 0) is 32.4 Å². The smallest absolute Gasteiger partial charge is 0.265 e. The van der Waals surface area contributed by atoms with Crippen LogP contribution in [0.3, 0.4) is 0 Å². The molecule has 0 aliphatic carbocycles. The highest BCUT2D eigenvalue weighted by Gasteiger charge is 2.30. The van der Waals surface area contributed by atoms with E-state index in [-0.39, 0.29) is 29.5 Å². The molecule has 0 fully saturated rings. The Balaban J connectivity index is 1.41. The van der Waals surface area contributed by atoms with Crippen molar-refractivity contribution in [3.8, 4) is 11.1 Å². The van der Waals surface area contributed by atoms with Crippen molar-refractivity contribution in [3.63, 3.8) is 0 Å². The third kappa shape index (κ3) is 3.95. The van der Waals surface area contributed by atoms with Gasteiger partial charge in [0, 0.05) is 23.4 Å². The summed E-state index contributed by atoms with van der Waals surface area (Å²) in [7, 11) is 0. The molecular formula is C25H25N5O2S. The van der Waals surface area contributed by atoms with E-state index < -0.39 is 0 Å². The molecule has 168 valence electrons. The molecule has 4 aromatic rings. The first-order valence-electron chi connectivity index (χ1n) is 10.9. The predicted octanol–water partition coefficient (Wildman–Crippen LogP) is 4.69. The standard InChI is InChI=1S/C25H25N5O2S/c1-25(2,3)30-22-19(14-26-30)23(32)29-17(15-33-24(29)28-22)13-21(31)27-20-12-8-7-11-18(20)16-9-5-4-6-10-16/h4-12,14,17H,13,15H2,1-3H3,(H,27,31). The number of nitrogens with zero attached hydrogens (tertiary/aromatic N) is 4. The van der Waals surface area contributed by atoms with E-state index in [2.05, 4.69) is 10.4 Å². The Hall–Kier alpha value is -3.39. The first-order valence-corrected chi connectivity index (χ1v) is 11.9. The van der Waals surface area contributed by atoms with E-state index in [4.69, 9.17) is 4.98 Å². The molecule has 2 aromatic carbocycles. The molecule has 1 N–H and O–H groups in total. The molecule has 0 spiro atoms. The summed E-state index contributed by atoms with van der Waals surface area (Å²) in [5, 5.41) is 8.57. The van der Waals surface area contributed by atoms with Gasteiger partial charge in [-0.15, -0.1) is 0 Å². The number of aromatic nitrogens is 4. The van der Waals surface area contributed by atoms with Gasteiger partial charge in [0.2, 0.25) is 5.91 Å². The molecule has 1 unspecified atom stereocenters. The Morgan fingerprint density at radius 1 is 1.12 bits per heavy atom. The first kappa shape index (κ1) is 21.5. The van der Waals surface area contributed by atoms with Gasteiger partial charge in [0.05, 0.1) is 17.8 Å². The van der Waals surface area contributed by atoms with Crippen molar-refractivity contribution >= 4 is 34.4 Å². The number of thioether (sulfide) groups is 1. The molecule has 33 heavy (non-hydrogen) atoms. The maximum Gasteiger partial charge on any atom is 0.265 e. The van der Waals surface area contributed by atoms with Gasteiger partial charge in [0.15, 0.2) is 10.8 Å². The third-order valence-electron chi connectivity index (χ3n) is 5.71. The van der Waals surface area contributed by atoms with Crippen LogP contribution in [0.2, 0.25) is 0 Å². The minimum atomic E-state index is -0.283. The van der Waals surface area contributed by atoms with Crippen molar-refractivity contribution in [2.24, 2.45) is 0 Å². The van der Waals surface area contributed by atoms with Crippen LogP contribution in [-0.4, -0.2) is 31.0 Å². The molecule has 0 bridgehead atoms. The molecule has 0 saturated heterocycles. The van der Waals surface area contributed by atoms with E-state index in [1.165, 1.54) is 11.8 Å². The van der Waals surface area contributed by atoms with Crippen molar-refractivity contribution in [2.75, 3.05) is 11.1 Å². The van der Waals surface area contributed by atoms with Gasteiger partial charge in [-0.1, -0.05) is 60.3 Å². The fraction of sp³-hybridized carbons (Fsp3) is 0.280. The molecule has 1 aliphatic heterocycles. The van der Waals surface area contributed by atoms with E-state index in [1.807, 2.05) is 75.4 Å². The molecular weight excluding hydrogens is 434 g/mol. The molecule has 1 amide bonds. The van der Waals surface area contributed by atoms with Gasteiger partial charge < -0.3 is 5.32 Å². The second-order valence-corrected chi connectivity index (χ2v) is 10.1. The number of nitrogens with one attached hydrogen (secondary N) is 1. The van der Waals surface area contributed by atoms with Crippen LogP contribution < -0.4 is 10.9 Å². The largest absolute Gasteiger partial charge is 0.325 e. The van der Waals surface area contributed by atoms with Gasteiger partial charge >= 0.3 is 0 Å². The van der Waals surface area contributed by atoms with Crippen molar-refractivity contribution < 1.29 is 4.79 Å². The highest BCUT2D eigenvalue weighted by atomic mass is 32.2. The highest BCUT2D eigenvalue weighted by Crippen LogP contribution is 2.34. The lowest BCUT2D eigenvalue weighted by Crippen LogP contribution is -2.29. The quantitative estimate of drug-likeness (QED) is 0.448. The van der Waals surface area contributed by atoms with E-state index >= 15 is 0 Å². The summed E-state index contributed by atoms with van der Waals surface area (Å²) in [5.41, 5.74) is 2.92. The van der Waals surface area contributed by atoms with E-state index in [9.17, 15) is 9.59 Å². The van der Waals surface area contributed by atoms with Gasteiger partial charge in [0.25, 0.3) is 5.56 Å². The minimum Gasteiger partial charge on any atom is -0.325 e. The Labute approximate surface area is 195 Å². The Morgan fingerprint density at radius 2 is 1.85 bits per heavy atom. The number of carbonyl (C=O) groups excluding carboxylic acids is 1. The van der Waals surface area contributed by atoms with Crippen LogP contribution in [0.15, 0.2) is 70.7 Å². The van der Waals surface area contributed by atoms with Crippen molar-refractivity contribution in [2.45, 2.75) is 43.9 Å². The maximum atomic E-state index is 13.3. The molecule has 0 radical (unpaired) electrons. The lowest BCUT2D eigenvalue weighted by molar-refractivity contribution is -0.116. The van der Waals surface area contributed by atoms with Crippen molar-refractivity contribution in [1.82, 2.24) is 19.3 Å².